The molecule has 0 aliphatic carbocycles. The Balaban J connectivity index is 2.84. The molecule has 86 valence electrons. The normalized spacial score (nSPS) is 11.4. The minimum absolute atomic E-state index is 0.121. The van der Waals surface area contributed by atoms with Crippen molar-refractivity contribution >= 4 is 16.7 Å². The summed E-state index contributed by atoms with van der Waals surface area (Å²) in [6.07, 6.45) is 0. The summed E-state index contributed by atoms with van der Waals surface area (Å²) < 4.78 is 2.82. The number of hydrogen-bond acceptors (Lipinski definition) is 3. The van der Waals surface area contributed by atoms with Crippen LogP contribution in [0.1, 0.15) is 5.56 Å². The molecule has 0 aliphatic heterocycles. The van der Waals surface area contributed by atoms with Crippen molar-refractivity contribution in [1.29, 1.82) is 0 Å². The predicted molar refractivity (Wildman–Crippen MR) is 63.3 cm³/mol. The molecule has 0 aliphatic rings. The van der Waals surface area contributed by atoms with E-state index in [9.17, 15) is 9.59 Å². The molecule has 0 bridgehead atoms. The van der Waals surface area contributed by atoms with Crippen molar-refractivity contribution in [2.45, 2.75) is 6.92 Å². The summed E-state index contributed by atoms with van der Waals surface area (Å²) in [5.74, 6) is 0. The van der Waals surface area contributed by atoms with E-state index in [1.54, 1.807) is 13.1 Å². The number of aryl methyl sites for hydroxylation is 2. The molecular weight excluding hydrogens is 220 g/mol. The highest BCUT2D eigenvalue weighted by molar-refractivity contribution is 5.80. The Morgan fingerprint density at radius 1 is 1.29 bits per heavy atom. The summed E-state index contributed by atoms with van der Waals surface area (Å²) in [7, 11) is 1.68. The van der Waals surface area contributed by atoms with Crippen LogP contribution in [0.25, 0.3) is 16.7 Å². The van der Waals surface area contributed by atoms with Gasteiger partial charge in [-0.2, -0.15) is 0 Å². The summed E-state index contributed by atoms with van der Waals surface area (Å²) in [4.78, 5) is 23.7. The molecule has 0 fully saturated rings. The Hall–Kier alpha value is -2.37. The van der Waals surface area contributed by atoms with Crippen molar-refractivity contribution < 1.29 is 0 Å². The molecule has 0 saturated heterocycles. The van der Waals surface area contributed by atoms with Crippen LogP contribution in [0.3, 0.4) is 0 Å². The van der Waals surface area contributed by atoms with Crippen LogP contribution < -0.4 is 11.2 Å². The minimum Gasteiger partial charge on any atom is -0.306 e. The Morgan fingerprint density at radius 2 is 2.06 bits per heavy atom. The molecule has 0 amide bonds. The van der Waals surface area contributed by atoms with Gasteiger partial charge in [0, 0.05) is 7.05 Å². The van der Waals surface area contributed by atoms with Crippen LogP contribution in [0.15, 0.2) is 27.8 Å². The third-order valence-electron chi connectivity index (χ3n) is 2.96. The van der Waals surface area contributed by atoms with Gasteiger partial charge < -0.3 is 4.57 Å². The molecular formula is C11H10N4O2. The van der Waals surface area contributed by atoms with Crippen molar-refractivity contribution in [2.75, 3.05) is 0 Å². The highest BCUT2D eigenvalue weighted by Crippen LogP contribution is 2.15. The third kappa shape index (κ3) is 1.12. The first-order valence-electron chi connectivity index (χ1n) is 5.16. The van der Waals surface area contributed by atoms with E-state index in [4.69, 9.17) is 0 Å². The van der Waals surface area contributed by atoms with Crippen molar-refractivity contribution in [3.8, 4) is 0 Å². The van der Waals surface area contributed by atoms with Crippen molar-refractivity contribution in [3.05, 3.63) is 44.6 Å². The van der Waals surface area contributed by atoms with Gasteiger partial charge in [-0.3, -0.25) is 4.79 Å². The Morgan fingerprint density at radius 3 is 2.82 bits per heavy atom. The second kappa shape index (κ2) is 3.07. The fourth-order valence-corrected chi connectivity index (χ4v) is 2.18. The Bertz CT molecular complexity index is 853. The lowest BCUT2D eigenvalue weighted by Crippen LogP contribution is -2.23. The van der Waals surface area contributed by atoms with E-state index in [-0.39, 0.29) is 11.2 Å². The summed E-state index contributed by atoms with van der Waals surface area (Å²) >= 11 is 0. The van der Waals surface area contributed by atoms with Crippen LogP contribution in [0.2, 0.25) is 0 Å². The number of para-hydroxylation sites is 1. The number of aromatic amines is 1. The Kier molecular flexibility index (Phi) is 1.77. The fraction of sp³-hybridized carbons (Fsp3) is 0.182. The topological polar surface area (TPSA) is 72.2 Å². The summed E-state index contributed by atoms with van der Waals surface area (Å²) in [5.41, 5.74) is 1.81. The second-order valence-corrected chi connectivity index (χ2v) is 3.99. The van der Waals surface area contributed by atoms with Crippen LogP contribution >= 0.6 is 0 Å². The molecule has 0 saturated carbocycles. The van der Waals surface area contributed by atoms with Gasteiger partial charge in [0.25, 0.3) is 5.56 Å². The molecule has 0 atom stereocenters. The molecule has 2 heterocycles. The van der Waals surface area contributed by atoms with Gasteiger partial charge in [0.2, 0.25) is 5.65 Å². The van der Waals surface area contributed by atoms with E-state index in [1.807, 2.05) is 19.1 Å². The lowest BCUT2D eigenvalue weighted by Gasteiger charge is -2.08. The zero-order chi connectivity index (χ0) is 12.2. The number of nitrogens with one attached hydrogen (secondary N) is 1. The average molecular weight is 230 g/mol. The number of fused-ring (bicyclic) bond motifs is 3. The SMILES string of the molecule is Cc1cccc2c1n(C)c(=O)c1n[nH]c(=O)n12. The first kappa shape index (κ1) is 9.83. The van der Waals surface area contributed by atoms with E-state index in [0.29, 0.717) is 5.52 Å². The molecule has 3 aromatic rings. The largest absolute Gasteiger partial charge is 0.348 e. The summed E-state index contributed by atoms with van der Waals surface area (Å²) in [6, 6.07) is 5.55. The fourth-order valence-electron chi connectivity index (χ4n) is 2.18. The zero-order valence-electron chi connectivity index (χ0n) is 9.39. The molecule has 6 nitrogen and oxygen atoms in total. The van der Waals surface area contributed by atoms with E-state index >= 15 is 0 Å². The van der Waals surface area contributed by atoms with Gasteiger partial charge in [-0.05, 0) is 18.6 Å². The van der Waals surface area contributed by atoms with E-state index < -0.39 is 5.69 Å². The lowest BCUT2D eigenvalue weighted by molar-refractivity contribution is 0.888. The van der Waals surface area contributed by atoms with Gasteiger partial charge in [0.05, 0.1) is 11.0 Å². The maximum absolute atomic E-state index is 12.0. The molecule has 1 aromatic carbocycles. The monoisotopic (exact) mass is 230 g/mol. The molecule has 1 N–H and O–H groups in total. The number of H-pyrrole nitrogens is 1. The van der Waals surface area contributed by atoms with Gasteiger partial charge >= 0.3 is 5.69 Å². The van der Waals surface area contributed by atoms with Gasteiger partial charge in [-0.1, -0.05) is 12.1 Å². The van der Waals surface area contributed by atoms with Crippen LogP contribution in [0.5, 0.6) is 0 Å². The van der Waals surface area contributed by atoms with Crippen LogP contribution in [-0.4, -0.2) is 19.2 Å². The first-order valence-corrected chi connectivity index (χ1v) is 5.16. The minimum atomic E-state index is -0.395. The maximum atomic E-state index is 12.0. The van der Waals surface area contributed by atoms with Gasteiger partial charge in [0.15, 0.2) is 0 Å². The Labute approximate surface area is 95.1 Å². The molecule has 0 unspecified atom stereocenters. The first-order chi connectivity index (χ1) is 8.11. The molecule has 17 heavy (non-hydrogen) atoms. The van der Waals surface area contributed by atoms with Crippen LogP contribution in [0.4, 0.5) is 0 Å². The quantitative estimate of drug-likeness (QED) is 0.599. The van der Waals surface area contributed by atoms with Crippen molar-refractivity contribution in [1.82, 2.24) is 19.2 Å². The second-order valence-electron chi connectivity index (χ2n) is 3.99. The predicted octanol–water partition coefficient (Wildman–Crippen LogP) is 0.183. The number of hydrogen-bond donors (Lipinski definition) is 1. The van der Waals surface area contributed by atoms with E-state index in [0.717, 1.165) is 11.1 Å². The molecule has 0 radical (unpaired) electrons. The summed E-state index contributed by atoms with van der Waals surface area (Å²) in [6.45, 7) is 1.90. The van der Waals surface area contributed by atoms with Crippen molar-refractivity contribution in [3.63, 3.8) is 0 Å². The van der Waals surface area contributed by atoms with E-state index in [2.05, 4.69) is 10.2 Å². The highest BCUT2D eigenvalue weighted by atomic mass is 16.2. The zero-order valence-corrected chi connectivity index (χ0v) is 9.39. The third-order valence-corrected chi connectivity index (χ3v) is 2.96. The number of aromatic nitrogens is 4. The highest BCUT2D eigenvalue weighted by Gasteiger charge is 2.13. The number of rotatable bonds is 0. The molecule has 0 spiro atoms. The average Bonchev–Trinajstić information content (AvgIpc) is 2.68. The van der Waals surface area contributed by atoms with Gasteiger partial charge in [-0.25, -0.2) is 14.3 Å². The number of nitrogens with zero attached hydrogens (tertiary/aromatic N) is 3. The standard InChI is InChI=1S/C11H10N4O2/c1-6-4-3-5-7-8(6)14(2)10(16)9-12-13-11(17)15(7)9/h3-5H,1-2H3,(H,13,17). The van der Waals surface area contributed by atoms with Gasteiger partial charge in [-0.15, -0.1) is 5.10 Å². The van der Waals surface area contributed by atoms with Crippen LogP contribution in [-0.2, 0) is 7.05 Å². The molecule has 3 rings (SSSR count). The van der Waals surface area contributed by atoms with E-state index in [1.165, 1.54) is 8.97 Å². The molecule has 2 aromatic heterocycles. The van der Waals surface area contributed by atoms with Crippen LogP contribution in [0, 0.1) is 6.92 Å². The van der Waals surface area contributed by atoms with Gasteiger partial charge in [0.1, 0.15) is 0 Å². The lowest BCUT2D eigenvalue weighted by atomic mass is 10.2. The maximum Gasteiger partial charge on any atom is 0.348 e. The summed E-state index contributed by atoms with van der Waals surface area (Å²) in [5, 5.41) is 6.05. The number of benzene rings is 1. The molecule has 6 heteroatoms. The smallest absolute Gasteiger partial charge is 0.306 e. The van der Waals surface area contributed by atoms with Crippen molar-refractivity contribution in [2.24, 2.45) is 7.05 Å².